The molecule has 8 nitrogen and oxygen atoms in total. The molecule has 3 aromatic rings. The van der Waals surface area contributed by atoms with Crippen LogP contribution in [-0.2, 0) is 0 Å². The first-order chi connectivity index (χ1) is 12.5. The Morgan fingerprint density at radius 2 is 1.67 bits per heavy atom. The summed E-state index contributed by atoms with van der Waals surface area (Å²) >= 11 is 0. The molecular weight excluding hydrogens is 372 g/mol. The highest BCUT2D eigenvalue weighted by Gasteiger charge is 2.10. The molecule has 138 valence electrons. The second-order valence-corrected chi connectivity index (χ2v) is 5.25. The lowest BCUT2D eigenvalue weighted by atomic mass is 10.2. The van der Waals surface area contributed by atoms with Crippen LogP contribution in [0.4, 0.5) is 23.1 Å². The third kappa shape index (κ3) is 4.93. The fraction of sp³-hybridized carbons (Fsp3) is 0. The van der Waals surface area contributed by atoms with Crippen molar-refractivity contribution in [1.82, 2.24) is 9.97 Å². The number of carbonyl (C=O) groups is 2. The molecule has 0 aliphatic carbocycles. The summed E-state index contributed by atoms with van der Waals surface area (Å²) in [6, 6.07) is 14.3. The highest BCUT2D eigenvalue weighted by Crippen LogP contribution is 2.21. The predicted octanol–water partition coefficient (Wildman–Crippen LogP) is 3.78. The predicted molar refractivity (Wildman–Crippen MR) is 103 cm³/mol. The van der Waals surface area contributed by atoms with Crippen LogP contribution in [0.1, 0.15) is 20.7 Å². The molecule has 0 amide bonds. The quantitative estimate of drug-likeness (QED) is 0.504. The molecule has 0 bridgehead atoms. The first-order valence-corrected chi connectivity index (χ1v) is 7.56. The maximum atomic E-state index is 11.3. The maximum absolute atomic E-state index is 11.3. The number of nitrogens with one attached hydrogen (secondary N) is 2. The van der Waals surface area contributed by atoms with Crippen molar-refractivity contribution in [3.8, 4) is 0 Å². The molecule has 0 aliphatic rings. The molecule has 2 aromatic carbocycles. The Hall–Kier alpha value is -3.65. The molecule has 0 spiro atoms. The Kier molecular flexibility index (Phi) is 6.29. The van der Waals surface area contributed by atoms with Crippen LogP contribution in [0.25, 0.3) is 0 Å². The van der Waals surface area contributed by atoms with Gasteiger partial charge in [-0.15, -0.1) is 12.4 Å². The Bertz CT molecular complexity index is 981. The van der Waals surface area contributed by atoms with E-state index in [0.29, 0.717) is 17.2 Å². The van der Waals surface area contributed by atoms with Gasteiger partial charge in [0.1, 0.15) is 5.82 Å². The Labute approximate surface area is 160 Å². The topological polar surface area (TPSA) is 124 Å². The highest BCUT2D eigenvalue weighted by molar-refractivity contribution is 5.95. The first-order valence-electron chi connectivity index (χ1n) is 7.56. The van der Waals surface area contributed by atoms with Gasteiger partial charge in [-0.1, -0.05) is 18.2 Å². The zero-order valence-electron chi connectivity index (χ0n) is 13.8. The number of aromatic carboxylic acids is 2. The normalized spacial score (nSPS) is 9.78. The Morgan fingerprint density at radius 1 is 0.889 bits per heavy atom. The molecule has 0 saturated heterocycles. The number of nitrogens with zero attached hydrogens (tertiary/aromatic N) is 2. The molecule has 0 fully saturated rings. The second kappa shape index (κ2) is 8.63. The van der Waals surface area contributed by atoms with E-state index in [1.54, 1.807) is 36.4 Å². The summed E-state index contributed by atoms with van der Waals surface area (Å²) in [5.41, 5.74) is 1.18. The average molecular weight is 387 g/mol. The van der Waals surface area contributed by atoms with Gasteiger partial charge in [-0.05, 0) is 36.4 Å². The van der Waals surface area contributed by atoms with Gasteiger partial charge in [0.15, 0.2) is 0 Å². The summed E-state index contributed by atoms with van der Waals surface area (Å²) in [5, 5.41) is 24.1. The van der Waals surface area contributed by atoms with Crippen LogP contribution in [-0.4, -0.2) is 32.1 Å². The first kappa shape index (κ1) is 19.7. The number of aromatic nitrogens is 2. The van der Waals surface area contributed by atoms with Crippen LogP contribution < -0.4 is 10.6 Å². The Morgan fingerprint density at radius 3 is 2.41 bits per heavy atom. The van der Waals surface area contributed by atoms with Crippen molar-refractivity contribution < 1.29 is 19.8 Å². The molecule has 27 heavy (non-hydrogen) atoms. The van der Waals surface area contributed by atoms with Gasteiger partial charge < -0.3 is 20.8 Å². The van der Waals surface area contributed by atoms with Gasteiger partial charge in [0, 0.05) is 11.9 Å². The van der Waals surface area contributed by atoms with Gasteiger partial charge in [0.25, 0.3) is 0 Å². The van der Waals surface area contributed by atoms with E-state index in [1.165, 1.54) is 24.4 Å². The molecule has 1 heterocycles. The summed E-state index contributed by atoms with van der Waals surface area (Å²) in [7, 11) is 0. The van der Waals surface area contributed by atoms with E-state index in [4.69, 9.17) is 5.11 Å². The maximum Gasteiger partial charge on any atom is 0.337 e. The lowest BCUT2D eigenvalue weighted by molar-refractivity contribution is 0.0686. The van der Waals surface area contributed by atoms with Crippen LogP contribution >= 0.6 is 12.4 Å². The number of anilines is 4. The molecule has 1 aromatic heterocycles. The second-order valence-electron chi connectivity index (χ2n) is 5.25. The minimum atomic E-state index is -1.05. The van der Waals surface area contributed by atoms with E-state index in [0.717, 1.165) is 0 Å². The molecule has 3 rings (SSSR count). The molecular formula is C18H15ClN4O4. The van der Waals surface area contributed by atoms with Gasteiger partial charge in [-0.3, -0.25) is 0 Å². The summed E-state index contributed by atoms with van der Waals surface area (Å²) in [6.07, 6.45) is 1.50. The molecule has 0 aliphatic heterocycles. The number of hydrogen-bond acceptors (Lipinski definition) is 6. The number of halogens is 1. The van der Waals surface area contributed by atoms with Crippen molar-refractivity contribution in [2.24, 2.45) is 0 Å². The number of carboxylic acid groups (broad SMARTS) is 2. The van der Waals surface area contributed by atoms with Gasteiger partial charge in [0.2, 0.25) is 5.95 Å². The lowest BCUT2D eigenvalue weighted by Crippen LogP contribution is -2.05. The van der Waals surface area contributed by atoms with Crippen molar-refractivity contribution in [1.29, 1.82) is 0 Å². The standard InChI is InChI=1S/C18H14N4O4.ClH/c23-16(24)11-4-3-5-12(10-11)20-18-19-9-8-15(22-18)21-14-7-2-1-6-13(14)17(25)26;/h1-10H,(H,23,24)(H,25,26)(H2,19,20,21,22);1H. The fourth-order valence-electron chi connectivity index (χ4n) is 2.26. The zero-order chi connectivity index (χ0) is 18.5. The minimum Gasteiger partial charge on any atom is -0.478 e. The van der Waals surface area contributed by atoms with Crippen LogP contribution in [0.15, 0.2) is 60.8 Å². The van der Waals surface area contributed by atoms with E-state index in [9.17, 15) is 14.7 Å². The molecule has 9 heteroatoms. The van der Waals surface area contributed by atoms with Crippen molar-refractivity contribution >= 4 is 47.5 Å². The van der Waals surface area contributed by atoms with Crippen molar-refractivity contribution in [2.45, 2.75) is 0 Å². The van der Waals surface area contributed by atoms with Crippen LogP contribution in [0.5, 0.6) is 0 Å². The van der Waals surface area contributed by atoms with Gasteiger partial charge in [-0.2, -0.15) is 4.98 Å². The van der Waals surface area contributed by atoms with Crippen LogP contribution in [0.3, 0.4) is 0 Å². The smallest absolute Gasteiger partial charge is 0.337 e. The monoisotopic (exact) mass is 386 g/mol. The van der Waals surface area contributed by atoms with Crippen molar-refractivity contribution in [3.63, 3.8) is 0 Å². The third-order valence-corrected chi connectivity index (χ3v) is 3.44. The largest absolute Gasteiger partial charge is 0.478 e. The Balaban J connectivity index is 0.00000261. The van der Waals surface area contributed by atoms with E-state index in [1.807, 2.05) is 0 Å². The molecule has 0 unspecified atom stereocenters. The average Bonchev–Trinajstić information content (AvgIpc) is 2.62. The van der Waals surface area contributed by atoms with E-state index >= 15 is 0 Å². The number of para-hydroxylation sites is 1. The fourth-order valence-corrected chi connectivity index (χ4v) is 2.26. The molecule has 0 atom stereocenters. The van der Waals surface area contributed by atoms with Gasteiger partial charge in [-0.25, -0.2) is 14.6 Å². The molecule has 0 saturated carbocycles. The van der Waals surface area contributed by atoms with Crippen molar-refractivity contribution in [2.75, 3.05) is 10.6 Å². The van der Waals surface area contributed by atoms with Gasteiger partial charge in [0.05, 0.1) is 16.8 Å². The van der Waals surface area contributed by atoms with Gasteiger partial charge >= 0.3 is 11.9 Å². The molecule has 0 radical (unpaired) electrons. The SMILES string of the molecule is Cl.O=C(O)c1cccc(Nc2nccc(Nc3ccccc3C(=O)O)n2)c1. The van der Waals surface area contributed by atoms with E-state index in [2.05, 4.69) is 20.6 Å². The number of hydrogen-bond donors (Lipinski definition) is 4. The van der Waals surface area contributed by atoms with Crippen molar-refractivity contribution in [3.05, 3.63) is 71.9 Å². The number of rotatable bonds is 6. The molecule has 4 N–H and O–H groups in total. The van der Waals surface area contributed by atoms with E-state index < -0.39 is 11.9 Å². The zero-order valence-corrected chi connectivity index (χ0v) is 14.6. The summed E-state index contributed by atoms with van der Waals surface area (Å²) in [4.78, 5) is 30.7. The van der Waals surface area contributed by atoms with Crippen LogP contribution in [0.2, 0.25) is 0 Å². The van der Waals surface area contributed by atoms with E-state index in [-0.39, 0.29) is 29.5 Å². The third-order valence-electron chi connectivity index (χ3n) is 3.44. The summed E-state index contributed by atoms with van der Waals surface area (Å²) < 4.78 is 0. The highest BCUT2D eigenvalue weighted by atomic mass is 35.5. The minimum absolute atomic E-state index is 0. The number of carboxylic acids is 2. The van der Waals surface area contributed by atoms with Crippen LogP contribution in [0, 0.1) is 0 Å². The lowest BCUT2D eigenvalue weighted by Gasteiger charge is -2.10. The summed E-state index contributed by atoms with van der Waals surface area (Å²) in [5.74, 6) is -1.45. The summed E-state index contributed by atoms with van der Waals surface area (Å²) in [6.45, 7) is 0. The number of benzene rings is 2.